The van der Waals surface area contributed by atoms with E-state index in [1.165, 1.54) is 5.56 Å². The molecule has 6 heteroatoms. The van der Waals surface area contributed by atoms with Crippen molar-refractivity contribution in [2.45, 2.75) is 30.2 Å². The van der Waals surface area contributed by atoms with Crippen LogP contribution in [0.3, 0.4) is 0 Å². The number of hydrogen-bond acceptors (Lipinski definition) is 4. The van der Waals surface area contributed by atoms with Crippen LogP contribution in [-0.2, 0) is 16.9 Å². The highest BCUT2D eigenvalue weighted by atomic mass is 32.2. The van der Waals surface area contributed by atoms with Crippen LogP contribution < -0.4 is 0 Å². The van der Waals surface area contributed by atoms with Gasteiger partial charge < -0.3 is 0 Å². The van der Waals surface area contributed by atoms with Crippen LogP contribution in [0.2, 0.25) is 0 Å². The Bertz CT molecular complexity index is 740. The molecular formula is C17H23N3O2S. The Morgan fingerprint density at radius 3 is 2.74 bits per heavy atom. The van der Waals surface area contributed by atoms with Gasteiger partial charge in [0.2, 0.25) is 0 Å². The molecule has 1 fully saturated rings. The lowest BCUT2D eigenvalue weighted by Crippen LogP contribution is -2.25. The van der Waals surface area contributed by atoms with Crippen molar-refractivity contribution in [3.05, 3.63) is 48.3 Å². The van der Waals surface area contributed by atoms with Gasteiger partial charge >= 0.3 is 0 Å². The summed E-state index contributed by atoms with van der Waals surface area (Å²) < 4.78 is 26.5. The number of aryl methyl sites for hydroxylation is 1. The summed E-state index contributed by atoms with van der Waals surface area (Å²) in [5.74, 6) is 0.202. The van der Waals surface area contributed by atoms with E-state index in [0.29, 0.717) is 17.4 Å². The molecule has 5 nitrogen and oxygen atoms in total. The highest BCUT2D eigenvalue weighted by molar-refractivity contribution is 7.91. The first-order valence-electron chi connectivity index (χ1n) is 8.07. The summed E-state index contributed by atoms with van der Waals surface area (Å²) in [6, 6.07) is 9.09. The van der Waals surface area contributed by atoms with Crippen LogP contribution in [-0.4, -0.2) is 41.9 Å². The predicted octanol–water partition coefficient (Wildman–Crippen LogP) is 2.42. The number of rotatable bonds is 6. The van der Waals surface area contributed by atoms with Crippen LogP contribution in [0.4, 0.5) is 0 Å². The number of benzene rings is 1. The maximum atomic E-state index is 12.3. The number of nitrogens with zero attached hydrogens (tertiary/aromatic N) is 3. The lowest BCUT2D eigenvalue weighted by atomic mass is 10.1. The largest absolute Gasteiger partial charge is 0.296 e. The van der Waals surface area contributed by atoms with Crippen molar-refractivity contribution in [2.24, 2.45) is 7.05 Å². The average Bonchev–Trinajstić information content (AvgIpc) is 3.17. The number of sulfone groups is 1. The van der Waals surface area contributed by atoms with Gasteiger partial charge in [0, 0.05) is 24.8 Å². The van der Waals surface area contributed by atoms with E-state index in [1.807, 2.05) is 24.0 Å². The Morgan fingerprint density at radius 1 is 1.26 bits per heavy atom. The Balaban J connectivity index is 1.58. The molecule has 2 aromatic rings. The fourth-order valence-electron chi connectivity index (χ4n) is 3.29. The third-order valence-electron chi connectivity index (χ3n) is 4.43. The van der Waals surface area contributed by atoms with Crippen molar-refractivity contribution in [1.29, 1.82) is 0 Å². The fraction of sp³-hybridized carbons (Fsp3) is 0.471. The van der Waals surface area contributed by atoms with E-state index in [1.54, 1.807) is 24.3 Å². The summed E-state index contributed by atoms with van der Waals surface area (Å²) in [7, 11) is -1.25. The molecule has 0 amide bonds. The molecule has 1 aromatic heterocycles. The van der Waals surface area contributed by atoms with Crippen LogP contribution in [0.25, 0.3) is 0 Å². The normalized spacial score (nSPS) is 19.3. The SMILES string of the molecule is Cn1cc([C@H]2CCCN2CCCS(=O)(=O)c2ccccc2)cn1. The van der Waals surface area contributed by atoms with Gasteiger partial charge in [-0.2, -0.15) is 5.10 Å². The zero-order valence-corrected chi connectivity index (χ0v) is 14.2. The lowest BCUT2D eigenvalue weighted by molar-refractivity contribution is 0.258. The minimum absolute atomic E-state index is 0.202. The maximum absolute atomic E-state index is 12.3. The summed E-state index contributed by atoms with van der Waals surface area (Å²) in [5, 5.41) is 4.25. The van der Waals surface area contributed by atoms with Gasteiger partial charge in [-0.25, -0.2) is 8.42 Å². The van der Waals surface area contributed by atoms with Crippen LogP contribution in [0, 0.1) is 0 Å². The maximum Gasteiger partial charge on any atom is 0.178 e. The van der Waals surface area contributed by atoms with E-state index in [2.05, 4.69) is 16.2 Å². The minimum atomic E-state index is -3.17. The fourth-order valence-corrected chi connectivity index (χ4v) is 4.60. The molecule has 124 valence electrons. The van der Waals surface area contributed by atoms with Crippen molar-refractivity contribution in [1.82, 2.24) is 14.7 Å². The van der Waals surface area contributed by atoms with E-state index in [-0.39, 0.29) is 5.75 Å². The van der Waals surface area contributed by atoms with E-state index >= 15 is 0 Å². The Labute approximate surface area is 137 Å². The average molecular weight is 333 g/mol. The number of hydrogen-bond donors (Lipinski definition) is 0. The van der Waals surface area contributed by atoms with Crippen molar-refractivity contribution < 1.29 is 8.42 Å². The number of aromatic nitrogens is 2. The van der Waals surface area contributed by atoms with Gasteiger partial charge in [-0.3, -0.25) is 9.58 Å². The zero-order valence-electron chi connectivity index (χ0n) is 13.4. The molecule has 23 heavy (non-hydrogen) atoms. The monoisotopic (exact) mass is 333 g/mol. The molecule has 3 rings (SSSR count). The van der Waals surface area contributed by atoms with E-state index < -0.39 is 9.84 Å². The minimum Gasteiger partial charge on any atom is -0.296 e. The molecular weight excluding hydrogens is 310 g/mol. The summed E-state index contributed by atoms with van der Waals surface area (Å²) in [5.41, 5.74) is 1.23. The summed E-state index contributed by atoms with van der Waals surface area (Å²) in [6.45, 7) is 1.84. The zero-order chi connectivity index (χ0) is 16.3. The molecule has 0 aliphatic carbocycles. The lowest BCUT2D eigenvalue weighted by Gasteiger charge is -2.23. The topological polar surface area (TPSA) is 55.2 Å². The molecule has 1 aliphatic heterocycles. The Morgan fingerprint density at radius 2 is 2.04 bits per heavy atom. The first-order valence-corrected chi connectivity index (χ1v) is 9.72. The molecule has 1 aromatic carbocycles. The van der Waals surface area contributed by atoms with Gasteiger partial charge in [0.15, 0.2) is 9.84 Å². The molecule has 0 saturated carbocycles. The van der Waals surface area contributed by atoms with Gasteiger partial charge in [0.1, 0.15) is 0 Å². The second kappa shape index (κ2) is 6.84. The summed E-state index contributed by atoms with van der Waals surface area (Å²) >= 11 is 0. The summed E-state index contributed by atoms with van der Waals surface area (Å²) in [4.78, 5) is 2.81. The molecule has 2 heterocycles. The third-order valence-corrected chi connectivity index (χ3v) is 6.25. The van der Waals surface area contributed by atoms with Gasteiger partial charge in [-0.05, 0) is 44.5 Å². The third kappa shape index (κ3) is 3.82. The molecule has 0 N–H and O–H groups in total. The van der Waals surface area contributed by atoms with Gasteiger partial charge in [0.05, 0.1) is 16.8 Å². The Kier molecular flexibility index (Phi) is 4.82. The van der Waals surface area contributed by atoms with Gasteiger partial charge in [-0.15, -0.1) is 0 Å². The highest BCUT2D eigenvalue weighted by Gasteiger charge is 2.27. The second-order valence-corrected chi connectivity index (χ2v) is 8.24. The van der Waals surface area contributed by atoms with Crippen molar-refractivity contribution in [3.8, 4) is 0 Å². The Hall–Kier alpha value is -1.66. The number of likely N-dealkylation sites (tertiary alicyclic amines) is 1. The van der Waals surface area contributed by atoms with Crippen LogP contribution in [0.5, 0.6) is 0 Å². The molecule has 1 saturated heterocycles. The molecule has 0 spiro atoms. The van der Waals surface area contributed by atoms with Crippen molar-refractivity contribution >= 4 is 9.84 Å². The highest BCUT2D eigenvalue weighted by Crippen LogP contribution is 2.31. The van der Waals surface area contributed by atoms with Crippen molar-refractivity contribution in [3.63, 3.8) is 0 Å². The molecule has 1 aliphatic rings. The smallest absolute Gasteiger partial charge is 0.178 e. The van der Waals surface area contributed by atoms with Gasteiger partial charge in [0.25, 0.3) is 0 Å². The van der Waals surface area contributed by atoms with E-state index in [4.69, 9.17) is 0 Å². The van der Waals surface area contributed by atoms with Crippen LogP contribution in [0.15, 0.2) is 47.6 Å². The molecule has 0 unspecified atom stereocenters. The first-order chi connectivity index (χ1) is 11.1. The quantitative estimate of drug-likeness (QED) is 0.815. The van der Waals surface area contributed by atoms with Crippen LogP contribution in [0.1, 0.15) is 30.9 Å². The van der Waals surface area contributed by atoms with Crippen molar-refractivity contribution in [2.75, 3.05) is 18.8 Å². The van der Waals surface area contributed by atoms with Crippen LogP contribution >= 0.6 is 0 Å². The molecule has 0 radical (unpaired) electrons. The van der Waals surface area contributed by atoms with E-state index in [9.17, 15) is 8.42 Å². The molecule has 0 bridgehead atoms. The predicted molar refractivity (Wildman–Crippen MR) is 89.9 cm³/mol. The first kappa shape index (κ1) is 16.2. The summed E-state index contributed by atoms with van der Waals surface area (Å²) in [6.07, 6.45) is 6.92. The van der Waals surface area contributed by atoms with Gasteiger partial charge in [-0.1, -0.05) is 18.2 Å². The van der Waals surface area contributed by atoms with E-state index in [0.717, 1.165) is 25.9 Å². The standard InChI is InChI=1S/C17H23N3O2S/c1-19-14-15(13-18-19)17-9-5-10-20(17)11-6-12-23(21,22)16-7-3-2-4-8-16/h2-4,7-8,13-14,17H,5-6,9-12H2,1H3/t17-/m1/s1. The molecule has 1 atom stereocenters. The second-order valence-electron chi connectivity index (χ2n) is 6.13.